The van der Waals surface area contributed by atoms with Gasteiger partial charge in [-0.1, -0.05) is 26.0 Å². The summed E-state index contributed by atoms with van der Waals surface area (Å²) in [5.74, 6) is 0.276. The third-order valence-electron chi connectivity index (χ3n) is 3.15. The summed E-state index contributed by atoms with van der Waals surface area (Å²) >= 11 is 0. The van der Waals surface area contributed by atoms with Crippen LogP contribution in [0.25, 0.3) is 0 Å². The molecule has 5 nitrogen and oxygen atoms in total. The summed E-state index contributed by atoms with van der Waals surface area (Å²) in [4.78, 5) is 15.7. The largest absolute Gasteiger partial charge is 0.506 e. The van der Waals surface area contributed by atoms with E-state index in [0.717, 1.165) is 5.69 Å². The van der Waals surface area contributed by atoms with Crippen molar-refractivity contribution in [3.8, 4) is 5.75 Å². The number of hydrogen-bond donors (Lipinski definition) is 1. The van der Waals surface area contributed by atoms with E-state index in [4.69, 9.17) is 4.74 Å². The highest BCUT2D eigenvalue weighted by Crippen LogP contribution is 2.27. The first-order valence-corrected chi connectivity index (χ1v) is 7.88. The van der Waals surface area contributed by atoms with E-state index in [1.807, 2.05) is 46.8 Å². The fourth-order valence-corrected chi connectivity index (χ4v) is 2.19. The Bertz CT molecular complexity index is 475. The van der Waals surface area contributed by atoms with E-state index in [1.54, 1.807) is 17.0 Å². The lowest BCUT2D eigenvalue weighted by Crippen LogP contribution is -2.50. The van der Waals surface area contributed by atoms with Crippen LogP contribution < -0.4 is 4.90 Å². The zero-order chi connectivity index (χ0) is 16.8. The monoisotopic (exact) mass is 308 g/mol. The van der Waals surface area contributed by atoms with Crippen LogP contribution in [0, 0.1) is 0 Å². The molecule has 1 aliphatic heterocycles. The van der Waals surface area contributed by atoms with E-state index in [0.29, 0.717) is 26.2 Å². The summed E-state index contributed by atoms with van der Waals surface area (Å²) in [6.07, 6.45) is -0.269. The predicted molar refractivity (Wildman–Crippen MR) is 89.5 cm³/mol. The summed E-state index contributed by atoms with van der Waals surface area (Å²) < 4.78 is 5.36. The van der Waals surface area contributed by atoms with Crippen molar-refractivity contribution in [1.82, 2.24) is 4.90 Å². The van der Waals surface area contributed by atoms with E-state index < -0.39 is 5.60 Å². The van der Waals surface area contributed by atoms with Gasteiger partial charge in [0.05, 0.1) is 5.69 Å². The maximum Gasteiger partial charge on any atom is 0.410 e. The van der Waals surface area contributed by atoms with Crippen LogP contribution in [0.4, 0.5) is 10.5 Å². The minimum atomic E-state index is -0.466. The molecule has 0 aromatic heterocycles. The van der Waals surface area contributed by atoms with Crippen molar-refractivity contribution in [3.05, 3.63) is 24.3 Å². The van der Waals surface area contributed by atoms with Crippen molar-refractivity contribution in [1.29, 1.82) is 0 Å². The first-order valence-electron chi connectivity index (χ1n) is 7.88. The number of anilines is 1. The molecule has 0 aliphatic carbocycles. The quantitative estimate of drug-likeness (QED) is 0.863. The van der Waals surface area contributed by atoms with E-state index in [-0.39, 0.29) is 11.8 Å². The number of benzene rings is 1. The minimum Gasteiger partial charge on any atom is -0.506 e. The Morgan fingerprint density at radius 2 is 1.64 bits per heavy atom. The number of para-hydroxylation sites is 2. The molecule has 0 bridgehead atoms. The van der Waals surface area contributed by atoms with Crippen molar-refractivity contribution in [3.63, 3.8) is 0 Å². The van der Waals surface area contributed by atoms with Crippen LogP contribution in [0.15, 0.2) is 24.3 Å². The van der Waals surface area contributed by atoms with Gasteiger partial charge in [-0.2, -0.15) is 0 Å². The van der Waals surface area contributed by atoms with Gasteiger partial charge in [-0.15, -0.1) is 0 Å². The standard InChI is InChI=1S/C15H22N2O3.C2H6/c1-15(2,3)20-14(19)17-10-8-16(9-11-17)12-6-4-5-7-13(12)18;1-2/h4-7,18H,8-11H2,1-3H3;1-2H3. The Labute approximate surface area is 133 Å². The third kappa shape index (κ3) is 5.13. The van der Waals surface area contributed by atoms with Gasteiger partial charge in [-0.25, -0.2) is 4.79 Å². The molecule has 22 heavy (non-hydrogen) atoms. The van der Waals surface area contributed by atoms with Crippen LogP contribution in [-0.2, 0) is 4.74 Å². The zero-order valence-corrected chi connectivity index (χ0v) is 14.3. The van der Waals surface area contributed by atoms with Crippen LogP contribution >= 0.6 is 0 Å². The average molecular weight is 308 g/mol. The Balaban J connectivity index is 0.00000116. The molecular weight excluding hydrogens is 280 g/mol. The van der Waals surface area contributed by atoms with Gasteiger partial charge in [0, 0.05) is 26.2 Å². The number of ether oxygens (including phenoxy) is 1. The molecule has 0 unspecified atom stereocenters. The van der Waals surface area contributed by atoms with Crippen LogP contribution in [0.5, 0.6) is 5.75 Å². The van der Waals surface area contributed by atoms with Crippen molar-refractivity contribution in [2.45, 2.75) is 40.2 Å². The molecule has 5 heteroatoms. The minimum absolute atomic E-state index is 0.269. The molecule has 0 saturated carbocycles. The van der Waals surface area contributed by atoms with Gasteiger partial charge in [0.2, 0.25) is 0 Å². The number of phenolic OH excluding ortho intramolecular Hbond substituents is 1. The van der Waals surface area contributed by atoms with Gasteiger partial charge in [-0.05, 0) is 32.9 Å². The normalized spacial score (nSPS) is 15.0. The van der Waals surface area contributed by atoms with E-state index in [2.05, 4.69) is 4.90 Å². The van der Waals surface area contributed by atoms with Gasteiger partial charge in [0.15, 0.2) is 0 Å². The number of amides is 1. The molecule has 0 radical (unpaired) electrons. The summed E-state index contributed by atoms with van der Waals surface area (Å²) in [6.45, 7) is 12.2. The fourth-order valence-electron chi connectivity index (χ4n) is 2.19. The first kappa shape index (κ1) is 18.1. The molecule has 1 fully saturated rings. The molecule has 1 aliphatic rings. The van der Waals surface area contributed by atoms with E-state index >= 15 is 0 Å². The molecule has 1 aromatic carbocycles. The summed E-state index contributed by atoms with van der Waals surface area (Å²) in [5.41, 5.74) is 0.350. The average Bonchev–Trinajstić information content (AvgIpc) is 2.48. The second-order valence-electron chi connectivity index (χ2n) is 5.94. The number of carbonyl (C=O) groups excluding carboxylic acids is 1. The number of piperazine rings is 1. The molecule has 0 atom stereocenters. The van der Waals surface area contributed by atoms with Gasteiger partial charge in [-0.3, -0.25) is 0 Å². The molecule has 1 N–H and O–H groups in total. The van der Waals surface area contributed by atoms with Gasteiger partial charge < -0.3 is 19.6 Å². The highest BCUT2D eigenvalue weighted by atomic mass is 16.6. The number of phenols is 1. The number of carbonyl (C=O) groups is 1. The van der Waals surface area contributed by atoms with Crippen molar-refractivity contribution < 1.29 is 14.6 Å². The van der Waals surface area contributed by atoms with Crippen LogP contribution in [-0.4, -0.2) is 47.9 Å². The maximum atomic E-state index is 12.0. The summed E-state index contributed by atoms with van der Waals surface area (Å²) in [5, 5.41) is 9.84. The number of rotatable bonds is 1. The Morgan fingerprint density at radius 1 is 1.09 bits per heavy atom. The molecule has 1 saturated heterocycles. The number of hydrogen-bond acceptors (Lipinski definition) is 4. The second kappa shape index (κ2) is 7.92. The second-order valence-corrected chi connectivity index (χ2v) is 5.94. The highest BCUT2D eigenvalue weighted by molar-refractivity contribution is 5.69. The molecular formula is C17H28N2O3. The third-order valence-corrected chi connectivity index (χ3v) is 3.15. The molecule has 2 rings (SSSR count). The summed E-state index contributed by atoms with van der Waals surface area (Å²) in [7, 11) is 0. The van der Waals surface area contributed by atoms with E-state index in [1.165, 1.54) is 0 Å². The topological polar surface area (TPSA) is 53.0 Å². The number of aromatic hydroxyl groups is 1. The van der Waals surface area contributed by atoms with Crippen LogP contribution in [0.2, 0.25) is 0 Å². The Hall–Kier alpha value is -1.91. The highest BCUT2D eigenvalue weighted by Gasteiger charge is 2.26. The molecule has 1 heterocycles. The molecule has 1 aromatic rings. The first-order chi connectivity index (χ1) is 10.4. The van der Waals surface area contributed by atoms with Gasteiger partial charge >= 0.3 is 6.09 Å². The van der Waals surface area contributed by atoms with Crippen molar-refractivity contribution in [2.24, 2.45) is 0 Å². The van der Waals surface area contributed by atoms with Crippen LogP contribution in [0.1, 0.15) is 34.6 Å². The Morgan fingerprint density at radius 3 is 2.14 bits per heavy atom. The Kier molecular flexibility index (Phi) is 6.53. The maximum absolute atomic E-state index is 12.0. The van der Waals surface area contributed by atoms with Crippen molar-refractivity contribution >= 4 is 11.8 Å². The van der Waals surface area contributed by atoms with Gasteiger partial charge in [0.1, 0.15) is 11.4 Å². The lowest BCUT2D eigenvalue weighted by molar-refractivity contribution is 0.0240. The SMILES string of the molecule is CC.CC(C)(C)OC(=O)N1CCN(c2ccccc2O)CC1. The predicted octanol–water partition coefficient (Wildman–Crippen LogP) is 3.48. The molecule has 0 spiro atoms. The van der Waals surface area contributed by atoms with Crippen LogP contribution in [0.3, 0.4) is 0 Å². The smallest absolute Gasteiger partial charge is 0.410 e. The lowest BCUT2D eigenvalue weighted by Gasteiger charge is -2.36. The number of nitrogens with zero attached hydrogens (tertiary/aromatic N) is 2. The molecule has 1 amide bonds. The zero-order valence-electron chi connectivity index (χ0n) is 14.3. The molecule has 124 valence electrons. The lowest BCUT2D eigenvalue weighted by atomic mass is 10.2. The summed E-state index contributed by atoms with van der Waals surface area (Å²) in [6, 6.07) is 7.26. The van der Waals surface area contributed by atoms with Gasteiger partial charge in [0.25, 0.3) is 0 Å². The van der Waals surface area contributed by atoms with Crippen molar-refractivity contribution in [2.75, 3.05) is 31.1 Å². The van der Waals surface area contributed by atoms with E-state index in [9.17, 15) is 9.90 Å². The fraction of sp³-hybridized carbons (Fsp3) is 0.588.